The highest BCUT2D eigenvalue weighted by Crippen LogP contribution is 2.71. The predicted octanol–water partition coefficient (Wildman–Crippen LogP) is 2.76. The number of hydrogen-bond acceptors (Lipinski definition) is 10. The SMILES string of the molecule is CC(=O)OC1CC[C@@]2(C)C(=CC[C@]3(O)[C@@H]2C(OC(C)=O)C(OC(C)=O)[C@]2(C)[C@@H](C(C)OC(C)=O)CC[C@@]32O)C1. The Morgan fingerprint density at radius 1 is 0.897 bits per heavy atom. The molecule has 0 radical (unpaired) electrons. The first kappa shape index (κ1) is 29.5. The van der Waals surface area contributed by atoms with Gasteiger partial charge in [-0.15, -0.1) is 0 Å². The van der Waals surface area contributed by atoms with Gasteiger partial charge in [-0.25, -0.2) is 0 Å². The Bertz CT molecular complexity index is 1080. The fourth-order valence-electron chi connectivity index (χ4n) is 8.84. The predicted molar refractivity (Wildman–Crippen MR) is 137 cm³/mol. The molecule has 0 aliphatic heterocycles. The maximum absolute atomic E-state index is 12.7. The maximum atomic E-state index is 12.7. The molecule has 0 aromatic heterocycles. The molecule has 0 bridgehead atoms. The van der Waals surface area contributed by atoms with E-state index in [-0.39, 0.29) is 24.9 Å². The molecule has 3 saturated carbocycles. The lowest BCUT2D eigenvalue weighted by atomic mass is 9.42. The van der Waals surface area contributed by atoms with E-state index in [1.165, 1.54) is 27.7 Å². The highest BCUT2D eigenvalue weighted by molar-refractivity contribution is 5.68. The number of rotatable bonds is 5. The molecule has 0 aromatic carbocycles. The van der Waals surface area contributed by atoms with E-state index in [1.807, 2.05) is 13.0 Å². The normalized spacial score (nSPS) is 43.5. The number of carbonyl (C=O) groups is 4. The second-order valence-corrected chi connectivity index (χ2v) is 12.4. The van der Waals surface area contributed by atoms with Gasteiger partial charge in [0.25, 0.3) is 0 Å². The fraction of sp³-hybridized carbons (Fsp3) is 0.793. The van der Waals surface area contributed by atoms with Gasteiger partial charge in [0.1, 0.15) is 35.6 Å². The minimum atomic E-state index is -1.77. The molecule has 10 nitrogen and oxygen atoms in total. The lowest BCUT2D eigenvalue weighted by molar-refractivity contribution is -0.334. The minimum Gasteiger partial charge on any atom is -0.463 e. The molecule has 3 fully saturated rings. The number of esters is 4. The van der Waals surface area contributed by atoms with Crippen LogP contribution in [0.5, 0.6) is 0 Å². The summed E-state index contributed by atoms with van der Waals surface area (Å²) in [5, 5.41) is 25.4. The molecule has 0 aromatic rings. The zero-order valence-electron chi connectivity index (χ0n) is 23.9. The standard InChI is InChI=1S/C29H42O10/c1-15(36-16(2)30)22-10-13-29(35)27(22,7)25(39-19(5)33)23(38-18(4)32)24-26(6)11-9-21(37-17(3)31)14-20(26)8-12-28(24,29)34/h8,15,21-25,34-35H,9-14H2,1-7H3/t15?,21?,22-,23?,24-,25?,26+,27+,28+,29+/m1/s1. The van der Waals surface area contributed by atoms with Crippen molar-refractivity contribution >= 4 is 23.9 Å². The number of carbonyl (C=O) groups excluding carboxylic acids is 4. The Morgan fingerprint density at radius 2 is 1.51 bits per heavy atom. The summed E-state index contributed by atoms with van der Waals surface area (Å²) in [6.45, 7) is 10.6. The molecule has 10 atom stereocenters. The summed E-state index contributed by atoms with van der Waals surface area (Å²) in [6, 6.07) is 0. The smallest absolute Gasteiger partial charge is 0.303 e. The third-order valence-corrected chi connectivity index (χ3v) is 10.3. The van der Waals surface area contributed by atoms with E-state index >= 15 is 0 Å². The van der Waals surface area contributed by atoms with Crippen molar-refractivity contribution in [3.63, 3.8) is 0 Å². The molecule has 39 heavy (non-hydrogen) atoms. The van der Waals surface area contributed by atoms with Crippen molar-refractivity contribution in [3.05, 3.63) is 11.6 Å². The van der Waals surface area contributed by atoms with Crippen molar-refractivity contribution in [1.29, 1.82) is 0 Å². The van der Waals surface area contributed by atoms with E-state index in [2.05, 4.69) is 0 Å². The van der Waals surface area contributed by atoms with Gasteiger partial charge >= 0.3 is 23.9 Å². The van der Waals surface area contributed by atoms with E-state index in [4.69, 9.17) is 18.9 Å². The van der Waals surface area contributed by atoms with Gasteiger partial charge in [0.15, 0.2) is 0 Å². The quantitative estimate of drug-likeness (QED) is 0.298. The second-order valence-electron chi connectivity index (χ2n) is 12.4. The first-order chi connectivity index (χ1) is 18.0. The summed E-state index contributed by atoms with van der Waals surface area (Å²) in [5.74, 6) is -3.41. The van der Waals surface area contributed by atoms with Crippen molar-refractivity contribution in [2.75, 3.05) is 0 Å². The monoisotopic (exact) mass is 550 g/mol. The summed E-state index contributed by atoms with van der Waals surface area (Å²) >= 11 is 0. The van der Waals surface area contributed by atoms with E-state index in [0.29, 0.717) is 25.7 Å². The average Bonchev–Trinajstić information content (AvgIpc) is 3.08. The molecule has 0 heterocycles. The molecule has 0 saturated heterocycles. The van der Waals surface area contributed by atoms with E-state index in [9.17, 15) is 29.4 Å². The summed E-state index contributed by atoms with van der Waals surface area (Å²) in [4.78, 5) is 48.6. The van der Waals surface area contributed by atoms with Crippen LogP contribution >= 0.6 is 0 Å². The molecule has 4 unspecified atom stereocenters. The largest absolute Gasteiger partial charge is 0.463 e. The van der Waals surface area contributed by atoms with Crippen LogP contribution in [-0.4, -0.2) is 69.7 Å². The van der Waals surface area contributed by atoms with Gasteiger partial charge < -0.3 is 29.2 Å². The van der Waals surface area contributed by atoms with Crippen molar-refractivity contribution < 1.29 is 48.3 Å². The summed E-state index contributed by atoms with van der Waals surface area (Å²) in [6.07, 6.45) is 0.828. The molecule has 4 aliphatic rings. The van der Waals surface area contributed by atoms with Gasteiger partial charge in [-0.05, 0) is 44.4 Å². The first-order valence-corrected chi connectivity index (χ1v) is 13.8. The zero-order chi connectivity index (χ0) is 29.1. The van der Waals surface area contributed by atoms with Crippen LogP contribution in [0, 0.1) is 22.7 Å². The number of fused-ring (bicyclic) bond motifs is 5. The Balaban J connectivity index is 1.91. The van der Waals surface area contributed by atoms with Gasteiger partial charge in [-0.1, -0.05) is 25.5 Å². The highest BCUT2D eigenvalue weighted by atomic mass is 16.6. The van der Waals surface area contributed by atoms with Gasteiger partial charge in [-0.3, -0.25) is 19.2 Å². The van der Waals surface area contributed by atoms with Crippen molar-refractivity contribution in [1.82, 2.24) is 0 Å². The molecule has 2 N–H and O–H groups in total. The molecular weight excluding hydrogens is 508 g/mol. The zero-order valence-corrected chi connectivity index (χ0v) is 23.9. The van der Waals surface area contributed by atoms with Crippen LogP contribution in [0.25, 0.3) is 0 Å². The second kappa shape index (κ2) is 9.87. The Kier molecular flexibility index (Phi) is 7.47. The molecule has 0 amide bonds. The molecular formula is C29H42O10. The van der Waals surface area contributed by atoms with Crippen LogP contribution in [0.2, 0.25) is 0 Å². The van der Waals surface area contributed by atoms with Crippen LogP contribution in [0.4, 0.5) is 0 Å². The van der Waals surface area contributed by atoms with Crippen molar-refractivity contribution in [2.45, 2.75) is 123 Å². The third-order valence-electron chi connectivity index (χ3n) is 10.3. The third kappa shape index (κ3) is 4.38. The van der Waals surface area contributed by atoms with Crippen LogP contribution in [0.15, 0.2) is 11.6 Å². The number of hydrogen-bond donors (Lipinski definition) is 2. The van der Waals surface area contributed by atoms with Crippen molar-refractivity contribution in [3.8, 4) is 0 Å². The summed E-state index contributed by atoms with van der Waals surface area (Å²) in [5.41, 5.74) is -4.65. The van der Waals surface area contributed by atoms with Crippen LogP contribution in [-0.2, 0) is 38.1 Å². The lowest BCUT2D eigenvalue weighted by Crippen LogP contribution is -2.80. The summed E-state index contributed by atoms with van der Waals surface area (Å²) < 4.78 is 23.0. The Hall–Kier alpha value is -2.46. The van der Waals surface area contributed by atoms with Crippen LogP contribution < -0.4 is 0 Å². The molecule has 10 heteroatoms. The topological polar surface area (TPSA) is 146 Å². The van der Waals surface area contributed by atoms with Gasteiger partial charge in [-0.2, -0.15) is 0 Å². The Morgan fingerprint density at radius 3 is 2.08 bits per heavy atom. The number of ether oxygens (including phenoxy) is 4. The summed E-state index contributed by atoms with van der Waals surface area (Å²) in [7, 11) is 0. The van der Waals surface area contributed by atoms with Crippen LogP contribution in [0.1, 0.15) is 87.0 Å². The maximum Gasteiger partial charge on any atom is 0.303 e. The fourth-order valence-corrected chi connectivity index (χ4v) is 8.84. The lowest BCUT2D eigenvalue weighted by Gasteiger charge is -2.68. The van der Waals surface area contributed by atoms with E-state index < -0.39 is 70.1 Å². The molecule has 4 aliphatic carbocycles. The highest BCUT2D eigenvalue weighted by Gasteiger charge is 2.80. The number of aliphatic hydroxyl groups is 2. The molecule has 218 valence electrons. The molecule has 0 spiro atoms. The van der Waals surface area contributed by atoms with Gasteiger partial charge in [0.05, 0.1) is 0 Å². The van der Waals surface area contributed by atoms with Gasteiger partial charge in [0.2, 0.25) is 0 Å². The minimum absolute atomic E-state index is 0.0701. The molecule has 4 rings (SSSR count). The van der Waals surface area contributed by atoms with E-state index in [0.717, 1.165) is 5.57 Å². The van der Waals surface area contributed by atoms with Crippen molar-refractivity contribution in [2.24, 2.45) is 22.7 Å². The average molecular weight is 551 g/mol. The Labute approximate surface area is 229 Å². The first-order valence-electron chi connectivity index (χ1n) is 13.8. The van der Waals surface area contributed by atoms with Gasteiger partial charge in [0, 0.05) is 51.4 Å². The van der Waals surface area contributed by atoms with Crippen LogP contribution in [0.3, 0.4) is 0 Å². The van der Waals surface area contributed by atoms with E-state index in [1.54, 1.807) is 13.8 Å².